The van der Waals surface area contributed by atoms with Gasteiger partial charge in [0.05, 0.1) is 21.8 Å². The van der Waals surface area contributed by atoms with Gasteiger partial charge in [-0.05, 0) is 140 Å². The zero-order chi connectivity index (χ0) is 50.3. The van der Waals surface area contributed by atoms with E-state index in [-0.39, 0.29) is 0 Å². The van der Waals surface area contributed by atoms with E-state index in [2.05, 4.69) is 264 Å². The number of nitrogens with zero attached hydrogens (tertiary/aromatic N) is 2. The average Bonchev–Trinajstić information content (AvgIpc) is 4.39. The fourth-order valence-corrected chi connectivity index (χ4v) is 13.6. The van der Waals surface area contributed by atoms with E-state index >= 15 is 0 Å². The van der Waals surface area contributed by atoms with Gasteiger partial charge in [0.25, 0.3) is 0 Å². The number of fused-ring (bicyclic) bond motifs is 20. The summed E-state index contributed by atoms with van der Waals surface area (Å²) in [5.41, 5.74) is 24.5. The summed E-state index contributed by atoms with van der Waals surface area (Å²) in [6.07, 6.45) is 0. The predicted molar refractivity (Wildman–Crippen MR) is 317 cm³/mol. The van der Waals surface area contributed by atoms with Gasteiger partial charge in [-0.25, -0.2) is 0 Å². The Bertz CT molecular complexity index is 4860. The first kappa shape index (κ1) is 42.2. The zero-order valence-electron chi connectivity index (χ0n) is 41.6. The maximum absolute atomic E-state index is 7.04. The number of furan rings is 2. The molecule has 0 bridgehead atoms. The number of aromatic nitrogens is 1. The highest BCUT2D eigenvalue weighted by atomic mass is 16.3. The lowest BCUT2D eigenvalue weighted by atomic mass is 9.70. The number of hydrogen-bond acceptors (Lipinski definition) is 3. The van der Waals surface area contributed by atoms with Gasteiger partial charge in [-0.15, -0.1) is 0 Å². The fraction of sp³-hybridized carbons (Fsp3) is 0.0137. The van der Waals surface area contributed by atoms with Crippen molar-refractivity contribution >= 4 is 82.7 Å². The third kappa shape index (κ3) is 5.87. The molecule has 2 aliphatic rings. The van der Waals surface area contributed by atoms with Crippen LogP contribution in [0.5, 0.6) is 0 Å². The third-order valence-electron chi connectivity index (χ3n) is 16.8. The molecule has 0 fully saturated rings. The van der Waals surface area contributed by atoms with Crippen molar-refractivity contribution in [2.45, 2.75) is 5.41 Å². The minimum Gasteiger partial charge on any atom is -0.456 e. The SMILES string of the molecule is c1ccc(-c2ccc(N(c3ccc(-c4cc5c6ccccc6n(-c6ccc7oc8ccccc8c7c6)c5c5c4oc4ccccc45)cc3)c3ccc4c(c3)C3(c5ccccc5-c5ccccc53)c3ccccc3-4)cc2)cc1. The molecular formula is C73H44N2O2. The topological polar surface area (TPSA) is 34.5 Å². The lowest BCUT2D eigenvalue weighted by Crippen LogP contribution is -2.26. The lowest BCUT2D eigenvalue weighted by Gasteiger charge is -2.32. The fourth-order valence-electron chi connectivity index (χ4n) is 13.6. The van der Waals surface area contributed by atoms with Gasteiger partial charge >= 0.3 is 0 Å². The summed E-state index contributed by atoms with van der Waals surface area (Å²) < 4.78 is 15.8. The minimum atomic E-state index is -0.470. The highest BCUT2D eigenvalue weighted by molar-refractivity contribution is 6.27. The first-order valence-corrected chi connectivity index (χ1v) is 26.5. The largest absolute Gasteiger partial charge is 0.456 e. The van der Waals surface area contributed by atoms with Gasteiger partial charge in [0.15, 0.2) is 0 Å². The summed E-state index contributed by atoms with van der Waals surface area (Å²) in [6, 6.07) is 97.5. The Hall–Kier alpha value is -10.2. The number of benzene rings is 12. The summed E-state index contributed by atoms with van der Waals surface area (Å²) >= 11 is 0. The smallest absolute Gasteiger partial charge is 0.145 e. The van der Waals surface area contributed by atoms with Crippen molar-refractivity contribution in [3.63, 3.8) is 0 Å². The van der Waals surface area contributed by atoms with Crippen LogP contribution in [0.15, 0.2) is 276 Å². The van der Waals surface area contributed by atoms with Crippen molar-refractivity contribution < 1.29 is 8.83 Å². The zero-order valence-corrected chi connectivity index (χ0v) is 41.6. The summed E-state index contributed by atoms with van der Waals surface area (Å²) in [4.78, 5) is 2.43. The van der Waals surface area contributed by atoms with E-state index in [0.717, 1.165) is 88.8 Å². The maximum Gasteiger partial charge on any atom is 0.145 e. The van der Waals surface area contributed by atoms with Crippen molar-refractivity contribution in [1.29, 1.82) is 0 Å². The molecule has 0 aliphatic heterocycles. The normalized spacial score (nSPS) is 13.0. The van der Waals surface area contributed by atoms with E-state index in [1.165, 1.54) is 66.4 Å². The standard InChI is InChI=1S/C73H44N2O2/c1-2-16-45(17-3-1)46-30-34-48(35-31-46)74(51-38-40-55-54-20-6-12-26-64(54)73(65(55)43-51)62-24-10-4-18-52(62)53-19-5-11-25-63(53)73)49-36-32-47(33-37-49)59-44-61-56-21-7-13-27-66(56)75(71(61)70-58-23-9-15-29-68(58)77-72(59)70)50-39-41-69-60(42-50)57-22-8-14-28-67(57)76-69/h1-44H. The molecule has 2 aliphatic carbocycles. The Kier molecular flexibility index (Phi) is 8.73. The molecular weight excluding hydrogens is 937 g/mol. The monoisotopic (exact) mass is 980 g/mol. The molecule has 3 aromatic heterocycles. The van der Waals surface area contributed by atoms with Crippen molar-refractivity contribution in [1.82, 2.24) is 4.57 Å². The minimum absolute atomic E-state index is 0.470. The van der Waals surface area contributed by atoms with Crippen molar-refractivity contribution in [3.8, 4) is 50.2 Å². The van der Waals surface area contributed by atoms with Gasteiger partial charge in [0.1, 0.15) is 22.3 Å². The highest BCUT2D eigenvalue weighted by Gasteiger charge is 2.51. The highest BCUT2D eigenvalue weighted by Crippen LogP contribution is 2.63. The molecule has 15 aromatic rings. The molecule has 12 aromatic carbocycles. The van der Waals surface area contributed by atoms with Crippen LogP contribution in [0.1, 0.15) is 22.3 Å². The number of rotatable bonds is 6. The first-order chi connectivity index (χ1) is 38.2. The Morgan fingerprint density at radius 1 is 0.312 bits per heavy atom. The summed E-state index contributed by atoms with van der Waals surface area (Å²) in [5, 5.41) is 6.72. The molecule has 1 spiro atoms. The van der Waals surface area contributed by atoms with E-state index in [1.54, 1.807) is 0 Å². The Morgan fingerprint density at radius 3 is 1.52 bits per heavy atom. The van der Waals surface area contributed by atoms with Crippen molar-refractivity contribution in [2.75, 3.05) is 4.90 Å². The van der Waals surface area contributed by atoms with Crippen molar-refractivity contribution in [2.24, 2.45) is 0 Å². The van der Waals surface area contributed by atoms with Gasteiger partial charge < -0.3 is 18.3 Å². The first-order valence-electron chi connectivity index (χ1n) is 26.5. The number of para-hydroxylation sites is 3. The van der Waals surface area contributed by atoms with E-state index in [1.807, 2.05) is 12.1 Å². The van der Waals surface area contributed by atoms with E-state index < -0.39 is 5.41 Å². The third-order valence-corrected chi connectivity index (χ3v) is 16.8. The number of hydrogen-bond donors (Lipinski definition) is 0. The summed E-state index contributed by atoms with van der Waals surface area (Å²) in [6.45, 7) is 0. The van der Waals surface area contributed by atoms with E-state index in [4.69, 9.17) is 8.83 Å². The molecule has 17 rings (SSSR count). The quantitative estimate of drug-likeness (QED) is 0.166. The van der Waals surface area contributed by atoms with Gasteiger partial charge in [-0.3, -0.25) is 0 Å². The number of anilines is 3. The Morgan fingerprint density at radius 2 is 0.831 bits per heavy atom. The van der Waals surface area contributed by atoms with Gasteiger partial charge in [-0.1, -0.05) is 188 Å². The van der Waals surface area contributed by atoms with Crippen LogP contribution in [-0.4, -0.2) is 4.57 Å². The van der Waals surface area contributed by atoms with Crippen LogP contribution in [0.4, 0.5) is 17.1 Å². The van der Waals surface area contributed by atoms with Crippen LogP contribution >= 0.6 is 0 Å². The predicted octanol–water partition coefficient (Wildman–Crippen LogP) is 19.7. The van der Waals surface area contributed by atoms with E-state index in [0.29, 0.717) is 0 Å². The molecule has 0 radical (unpaired) electrons. The molecule has 4 nitrogen and oxygen atoms in total. The second-order valence-corrected chi connectivity index (χ2v) is 20.7. The molecule has 77 heavy (non-hydrogen) atoms. The van der Waals surface area contributed by atoms with Gasteiger partial charge in [-0.2, -0.15) is 0 Å². The molecule has 0 amide bonds. The molecule has 0 saturated heterocycles. The summed E-state index contributed by atoms with van der Waals surface area (Å²) in [7, 11) is 0. The van der Waals surface area contributed by atoms with Crippen molar-refractivity contribution in [3.05, 3.63) is 289 Å². The molecule has 4 heteroatoms. The Balaban J connectivity index is 0.863. The Labute approximate surface area is 443 Å². The van der Waals surface area contributed by atoms with Crippen LogP contribution < -0.4 is 4.90 Å². The van der Waals surface area contributed by atoms with Gasteiger partial charge in [0.2, 0.25) is 0 Å². The molecule has 0 unspecified atom stereocenters. The molecule has 3 heterocycles. The second kappa shape index (κ2) is 15.9. The van der Waals surface area contributed by atoms with E-state index in [9.17, 15) is 0 Å². The second-order valence-electron chi connectivity index (χ2n) is 20.7. The van der Waals surface area contributed by atoms with Crippen LogP contribution in [0.25, 0.3) is 116 Å². The maximum atomic E-state index is 7.04. The lowest BCUT2D eigenvalue weighted by molar-refractivity contribution is 0.668. The van der Waals surface area contributed by atoms with Crippen LogP contribution in [0, 0.1) is 0 Å². The molecule has 0 saturated carbocycles. The van der Waals surface area contributed by atoms with Gasteiger partial charge in [0, 0.05) is 55.2 Å². The molecule has 0 N–H and O–H groups in total. The van der Waals surface area contributed by atoms with Crippen LogP contribution in [0.3, 0.4) is 0 Å². The molecule has 358 valence electrons. The van der Waals surface area contributed by atoms with Crippen LogP contribution in [-0.2, 0) is 5.41 Å². The summed E-state index contributed by atoms with van der Waals surface area (Å²) in [5.74, 6) is 0. The van der Waals surface area contributed by atoms with Crippen LogP contribution in [0.2, 0.25) is 0 Å². The average molecular weight is 981 g/mol. The molecule has 0 atom stereocenters.